The minimum absolute atomic E-state index is 0.0850. The summed E-state index contributed by atoms with van der Waals surface area (Å²) in [5, 5.41) is 12.1. The largest absolute Gasteiger partial charge is 0.326 e. The number of imidazole rings is 1. The number of thiazole rings is 1. The minimum Gasteiger partial charge on any atom is -0.326 e. The lowest BCUT2D eigenvalue weighted by Gasteiger charge is -2.09. The smallest absolute Gasteiger partial charge is 0.226 e. The predicted molar refractivity (Wildman–Crippen MR) is 129 cm³/mol. The monoisotopic (exact) mass is 460 g/mol. The van der Waals surface area contributed by atoms with E-state index in [-0.39, 0.29) is 12.3 Å². The van der Waals surface area contributed by atoms with Gasteiger partial charge in [-0.1, -0.05) is 42.0 Å². The van der Waals surface area contributed by atoms with Gasteiger partial charge in [0.25, 0.3) is 0 Å². The fourth-order valence-electron chi connectivity index (χ4n) is 3.48. The van der Waals surface area contributed by atoms with Crippen LogP contribution in [0.25, 0.3) is 27.6 Å². The van der Waals surface area contributed by atoms with Gasteiger partial charge in [0.2, 0.25) is 5.91 Å². The van der Waals surface area contributed by atoms with Crippen LogP contribution in [-0.4, -0.2) is 30.1 Å². The Morgan fingerprint density at radius 1 is 1.12 bits per heavy atom. The van der Waals surface area contributed by atoms with Gasteiger partial charge in [-0.2, -0.15) is 5.10 Å². The molecule has 160 valence electrons. The van der Waals surface area contributed by atoms with Crippen LogP contribution in [0, 0.1) is 11.7 Å². The second-order valence-corrected chi connectivity index (χ2v) is 8.72. The molecular formula is C23H20N6OS2. The van der Waals surface area contributed by atoms with Gasteiger partial charge in [-0.3, -0.25) is 18.9 Å². The van der Waals surface area contributed by atoms with Crippen LogP contribution in [0.3, 0.4) is 0 Å². The van der Waals surface area contributed by atoms with Crippen molar-refractivity contribution in [2.45, 2.75) is 19.9 Å². The van der Waals surface area contributed by atoms with Crippen LogP contribution in [0.1, 0.15) is 12.0 Å². The number of carbonyl (C=O) groups excluding carboxylic acids is 1. The number of hydrogen-bond acceptors (Lipinski definition) is 5. The summed E-state index contributed by atoms with van der Waals surface area (Å²) in [6.45, 7) is 2.48. The number of hydrogen-bond donors (Lipinski definition) is 2. The fourth-order valence-corrected chi connectivity index (χ4v) is 4.40. The average Bonchev–Trinajstić information content (AvgIpc) is 3.49. The zero-order valence-corrected chi connectivity index (χ0v) is 18.9. The number of amides is 1. The first-order valence-electron chi connectivity index (χ1n) is 10.1. The summed E-state index contributed by atoms with van der Waals surface area (Å²) < 4.78 is 4.35. The quantitative estimate of drug-likeness (QED) is 0.336. The van der Waals surface area contributed by atoms with E-state index in [0.717, 1.165) is 33.3 Å². The average molecular weight is 461 g/mol. The van der Waals surface area contributed by atoms with Gasteiger partial charge in [-0.15, -0.1) is 11.3 Å². The van der Waals surface area contributed by atoms with Gasteiger partial charge in [-0.05, 0) is 31.3 Å². The summed E-state index contributed by atoms with van der Waals surface area (Å²) in [7, 11) is 0. The van der Waals surface area contributed by atoms with Gasteiger partial charge in [0.15, 0.2) is 15.6 Å². The Morgan fingerprint density at radius 2 is 1.88 bits per heavy atom. The van der Waals surface area contributed by atoms with E-state index < -0.39 is 0 Å². The van der Waals surface area contributed by atoms with Crippen molar-refractivity contribution in [1.29, 1.82) is 0 Å². The molecule has 0 fully saturated rings. The van der Waals surface area contributed by atoms with Gasteiger partial charge >= 0.3 is 0 Å². The molecule has 3 aromatic heterocycles. The lowest BCUT2D eigenvalue weighted by Crippen LogP contribution is -2.15. The highest BCUT2D eigenvalue weighted by Gasteiger charge is 2.11. The lowest BCUT2D eigenvalue weighted by atomic mass is 10.1. The van der Waals surface area contributed by atoms with E-state index in [9.17, 15) is 4.79 Å². The van der Waals surface area contributed by atoms with Gasteiger partial charge < -0.3 is 5.32 Å². The number of rotatable bonds is 6. The van der Waals surface area contributed by atoms with Crippen molar-refractivity contribution >= 4 is 40.1 Å². The molecule has 0 aliphatic heterocycles. The van der Waals surface area contributed by atoms with Crippen molar-refractivity contribution in [3.8, 4) is 22.6 Å². The van der Waals surface area contributed by atoms with Gasteiger partial charge in [0, 0.05) is 47.6 Å². The zero-order chi connectivity index (χ0) is 22.1. The van der Waals surface area contributed by atoms with Crippen LogP contribution in [0.4, 0.5) is 5.69 Å². The maximum atomic E-state index is 12.5. The van der Waals surface area contributed by atoms with Crippen LogP contribution in [0.5, 0.6) is 0 Å². The Balaban J connectivity index is 1.24. The summed E-state index contributed by atoms with van der Waals surface area (Å²) >= 11 is 6.96. The number of aromatic nitrogens is 5. The first kappa shape index (κ1) is 20.3. The summed E-state index contributed by atoms with van der Waals surface area (Å²) in [4.78, 5) is 18.1. The molecule has 5 rings (SSSR count). The molecule has 0 saturated carbocycles. The highest BCUT2D eigenvalue weighted by molar-refractivity contribution is 7.71. The predicted octanol–water partition coefficient (Wildman–Crippen LogP) is 5.32. The van der Waals surface area contributed by atoms with E-state index in [1.165, 1.54) is 5.56 Å². The number of fused-ring (bicyclic) bond motifs is 1. The molecule has 0 aliphatic rings. The van der Waals surface area contributed by atoms with Crippen molar-refractivity contribution in [1.82, 2.24) is 24.1 Å². The number of benzene rings is 2. The topological polar surface area (TPSA) is 80.0 Å². The SMILES string of the molecule is Cc1ccc(-c2n[nH]c(=S)n2CCC(=O)Nc2ccc(-c3cn4ccsc4n3)cc2)cc1. The van der Waals surface area contributed by atoms with Crippen molar-refractivity contribution in [3.05, 3.63) is 76.6 Å². The molecule has 0 radical (unpaired) electrons. The molecule has 0 aliphatic carbocycles. The third-order valence-electron chi connectivity index (χ3n) is 5.19. The van der Waals surface area contributed by atoms with Crippen LogP contribution < -0.4 is 5.32 Å². The van der Waals surface area contributed by atoms with E-state index in [1.54, 1.807) is 11.3 Å². The Kier molecular flexibility index (Phi) is 5.42. The molecule has 0 bridgehead atoms. The molecule has 0 unspecified atom stereocenters. The minimum atomic E-state index is -0.0850. The number of nitrogens with zero attached hydrogens (tertiary/aromatic N) is 4. The third kappa shape index (κ3) is 4.12. The van der Waals surface area contributed by atoms with Crippen LogP contribution >= 0.6 is 23.6 Å². The molecule has 0 atom stereocenters. The number of aryl methyl sites for hydroxylation is 1. The highest BCUT2D eigenvalue weighted by atomic mass is 32.1. The summed E-state index contributed by atoms with van der Waals surface area (Å²) in [5.41, 5.74) is 4.79. The van der Waals surface area contributed by atoms with Crippen LogP contribution in [-0.2, 0) is 11.3 Å². The maximum absolute atomic E-state index is 12.5. The molecule has 0 saturated heterocycles. The van der Waals surface area contributed by atoms with Crippen molar-refractivity contribution in [2.24, 2.45) is 0 Å². The number of carbonyl (C=O) groups is 1. The number of nitrogens with one attached hydrogen (secondary N) is 2. The molecule has 9 heteroatoms. The third-order valence-corrected chi connectivity index (χ3v) is 6.27. The van der Waals surface area contributed by atoms with Crippen molar-refractivity contribution in [3.63, 3.8) is 0 Å². The van der Waals surface area contributed by atoms with Gasteiger partial charge in [0.05, 0.1) is 5.69 Å². The van der Waals surface area contributed by atoms with Crippen molar-refractivity contribution < 1.29 is 4.79 Å². The lowest BCUT2D eigenvalue weighted by molar-refractivity contribution is -0.116. The number of aromatic amines is 1. The van der Waals surface area contributed by atoms with E-state index >= 15 is 0 Å². The van der Waals surface area contributed by atoms with Gasteiger partial charge in [0.1, 0.15) is 0 Å². The molecule has 3 heterocycles. The molecule has 2 N–H and O–H groups in total. The molecule has 32 heavy (non-hydrogen) atoms. The Hall–Kier alpha value is -3.56. The molecule has 5 aromatic rings. The first-order valence-corrected chi connectivity index (χ1v) is 11.4. The Morgan fingerprint density at radius 3 is 2.62 bits per heavy atom. The number of H-pyrrole nitrogens is 1. The van der Waals surface area contributed by atoms with E-state index in [4.69, 9.17) is 12.2 Å². The van der Waals surface area contributed by atoms with E-state index in [0.29, 0.717) is 11.3 Å². The Bertz CT molecular complexity index is 1410. The summed E-state index contributed by atoms with van der Waals surface area (Å²) in [6.07, 6.45) is 4.27. The molecular weight excluding hydrogens is 440 g/mol. The standard InChI is InChI=1S/C23H20N6OS2/c1-15-2-4-17(5-3-15)21-26-27-22(31)29(21)11-10-20(30)24-18-8-6-16(7-9-18)19-14-28-12-13-32-23(28)25-19/h2-9,12-14H,10-11H2,1H3,(H,24,30)(H,27,31). The van der Waals surface area contributed by atoms with Crippen LogP contribution in [0.2, 0.25) is 0 Å². The zero-order valence-electron chi connectivity index (χ0n) is 17.3. The molecule has 7 nitrogen and oxygen atoms in total. The number of anilines is 1. The summed E-state index contributed by atoms with van der Waals surface area (Å²) in [6, 6.07) is 15.8. The van der Waals surface area contributed by atoms with Crippen LogP contribution in [0.15, 0.2) is 66.3 Å². The second kappa shape index (κ2) is 8.52. The highest BCUT2D eigenvalue weighted by Crippen LogP contribution is 2.23. The second-order valence-electron chi connectivity index (χ2n) is 7.46. The van der Waals surface area contributed by atoms with Gasteiger partial charge in [-0.25, -0.2) is 4.98 Å². The first-order chi connectivity index (χ1) is 15.6. The molecule has 1 amide bonds. The van der Waals surface area contributed by atoms with Crippen molar-refractivity contribution in [2.75, 3.05) is 5.32 Å². The molecule has 0 spiro atoms. The van der Waals surface area contributed by atoms with E-state index in [2.05, 4.69) is 20.5 Å². The fraction of sp³-hybridized carbons (Fsp3) is 0.130. The van der Waals surface area contributed by atoms with E-state index in [1.807, 2.05) is 82.2 Å². The normalized spacial score (nSPS) is 11.2. The molecule has 2 aromatic carbocycles. The Labute approximate surface area is 193 Å². The maximum Gasteiger partial charge on any atom is 0.226 e. The summed E-state index contributed by atoms with van der Waals surface area (Å²) in [5.74, 6) is 0.644.